The number of piperidine rings is 1. The number of aromatic nitrogens is 2. The van der Waals surface area contributed by atoms with E-state index >= 15 is 0 Å². The van der Waals surface area contributed by atoms with Crippen molar-refractivity contribution in [2.24, 2.45) is 0 Å². The average molecular weight is 307 g/mol. The zero-order valence-corrected chi connectivity index (χ0v) is 13.2. The second kappa shape index (κ2) is 7.59. The minimum absolute atomic E-state index is 0. The molecule has 0 bridgehead atoms. The minimum atomic E-state index is 0. The molecule has 1 N–H and O–H groups in total. The molecule has 1 aliphatic heterocycles. The van der Waals surface area contributed by atoms with E-state index in [1.54, 1.807) is 6.20 Å². The number of likely N-dealkylation sites (tertiary alicyclic amines) is 1. The summed E-state index contributed by atoms with van der Waals surface area (Å²) in [4.78, 5) is 6.62. The maximum Gasteiger partial charge on any atom is 0.0991 e. The Labute approximate surface area is 132 Å². The molecule has 1 saturated heterocycles. The zero-order valence-electron chi connectivity index (χ0n) is 12.4. The van der Waals surface area contributed by atoms with Gasteiger partial charge in [0.15, 0.2) is 0 Å². The topological polar surface area (TPSA) is 33.1 Å². The predicted octanol–water partition coefficient (Wildman–Crippen LogP) is 2.48. The number of hydrogen-bond donors (Lipinski definition) is 1. The van der Waals surface area contributed by atoms with Crippen molar-refractivity contribution < 1.29 is 0 Å². The van der Waals surface area contributed by atoms with Crippen molar-refractivity contribution in [2.45, 2.75) is 25.4 Å². The van der Waals surface area contributed by atoms with Crippen LogP contribution in [0.1, 0.15) is 18.4 Å². The van der Waals surface area contributed by atoms with E-state index in [-0.39, 0.29) is 12.4 Å². The monoisotopic (exact) mass is 306 g/mol. The highest BCUT2D eigenvalue weighted by atomic mass is 35.5. The Morgan fingerprint density at radius 3 is 2.48 bits per heavy atom. The first-order valence-corrected chi connectivity index (χ1v) is 7.32. The van der Waals surface area contributed by atoms with Gasteiger partial charge in [-0.3, -0.25) is 4.90 Å². The normalized spacial score (nSPS) is 16.6. The van der Waals surface area contributed by atoms with E-state index in [0.29, 0.717) is 6.04 Å². The van der Waals surface area contributed by atoms with Gasteiger partial charge in [0.2, 0.25) is 0 Å². The molecule has 0 atom stereocenters. The van der Waals surface area contributed by atoms with Gasteiger partial charge >= 0.3 is 0 Å². The Morgan fingerprint density at radius 1 is 1.19 bits per heavy atom. The highest BCUT2D eigenvalue weighted by Crippen LogP contribution is 2.15. The molecule has 1 aliphatic rings. The van der Waals surface area contributed by atoms with Crippen LogP contribution in [0, 0.1) is 0 Å². The molecular formula is C16H23ClN4. The van der Waals surface area contributed by atoms with E-state index in [2.05, 4.69) is 46.5 Å². The first-order valence-electron chi connectivity index (χ1n) is 7.32. The van der Waals surface area contributed by atoms with Gasteiger partial charge in [-0.2, -0.15) is 0 Å². The van der Waals surface area contributed by atoms with Gasteiger partial charge in [-0.05, 0) is 50.7 Å². The summed E-state index contributed by atoms with van der Waals surface area (Å²) in [7, 11) is 2.06. The van der Waals surface area contributed by atoms with Crippen LogP contribution in [0.5, 0.6) is 0 Å². The molecule has 0 amide bonds. The number of imidazole rings is 1. The van der Waals surface area contributed by atoms with E-state index in [1.165, 1.54) is 37.2 Å². The Hall–Kier alpha value is -1.36. The van der Waals surface area contributed by atoms with Crippen molar-refractivity contribution in [3.05, 3.63) is 48.5 Å². The molecule has 3 rings (SSSR count). The third kappa shape index (κ3) is 4.06. The van der Waals surface area contributed by atoms with Gasteiger partial charge in [0.1, 0.15) is 0 Å². The summed E-state index contributed by atoms with van der Waals surface area (Å²) >= 11 is 0. The molecule has 4 nitrogen and oxygen atoms in total. The summed E-state index contributed by atoms with van der Waals surface area (Å²) in [5, 5.41) is 3.38. The lowest BCUT2D eigenvalue weighted by atomic mass is 10.0. The van der Waals surface area contributed by atoms with Crippen LogP contribution in [0.15, 0.2) is 43.0 Å². The van der Waals surface area contributed by atoms with Crippen molar-refractivity contribution in [1.82, 2.24) is 19.8 Å². The molecule has 0 saturated carbocycles. The first kappa shape index (κ1) is 16.0. The van der Waals surface area contributed by atoms with Gasteiger partial charge in [0.25, 0.3) is 0 Å². The van der Waals surface area contributed by atoms with Gasteiger partial charge < -0.3 is 9.88 Å². The van der Waals surface area contributed by atoms with Crippen LogP contribution >= 0.6 is 12.4 Å². The summed E-state index contributed by atoms with van der Waals surface area (Å²) in [6.07, 6.45) is 8.11. The number of nitrogens with zero attached hydrogens (tertiary/aromatic N) is 3. The number of hydrogen-bond acceptors (Lipinski definition) is 3. The molecular weight excluding hydrogens is 284 g/mol. The Balaban J connectivity index is 0.00000161. The fraction of sp³-hybridized carbons (Fsp3) is 0.438. The summed E-state index contributed by atoms with van der Waals surface area (Å²) in [5.74, 6) is 0. The van der Waals surface area contributed by atoms with E-state index < -0.39 is 0 Å². The number of halogens is 1. The molecule has 0 unspecified atom stereocenters. The van der Waals surface area contributed by atoms with Crippen LogP contribution in [0.4, 0.5) is 0 Å². The lowest BCUT2D eigenvalue weighted by Crippen LogP contribution is -2.40. The van der Waals surface area contributed by atoms with Crippen molar-refractivity contribution in [1.29, 1.82) is 0 Å². The van der Waals surface area contributed by atoms with Crippen LogP contribution < -0.4 is 5.32 Å². The SMILES string of the molecule is CNC1CCN(Cc2ccc(-n3ccnc3)cc2)CC1.Cl. The third-order valence-electron chi connectivity index (χ3n) is 4.14. The van der Waals surface area contributed by atoms with Gasteiger partial charge in [0, 0.05) is 30.7 Å². The highest BCUT2D eigenvalue weighted by molar-refractivity contribution is 5.85. The van der Waals surface area contributed by atoms with Gasteiger partial charge in [-0.25, -0.2) is 4.98 Å². The Bertz CT molecular complexity index is 516. The second-order valence-corrected chi connectivity index (χ2v) is 5.48. The standard InChI is InChI=1S/C16H22N4.ClH/c1-17-15-6-9-19(10-7-15)12-14-2-4-16(5-3-14)20-11-8-18-13-20;/h2-5,8,11,13,15,17H,6-7,9-10,12H2,1H3;1H. The average Bonchev–Trinajstić information content (AvgIpc) is 3.03. The molecule has 0 radical (unpaired) electrons. The van der Waals surface area contributed by atoms with Gasteiger partial charge in [0.05, 0.1) is 6.33 Å². The van der Waals surface area contributed by atoms with Crippen molar-refractivity contribution >= 4 is 12.4 Å². The molecule has 114 valence electrons. The Morgan fingerprint density at radius 2 is 1.90 bits per heavy atom. The molecule has 1 aromatic carbocycles. The smallest absolute Gasteiger partial charge is 0.0991 e. The maximum atomic E-state index is 4.08. The summed E-state index contributed by atoms with van der Waals surface area (Å²) in [5.41, 5.74) is 2.55. The Kier molecular flexibility index (Phi) is 5.79. The molecule has 1 aromatic heterocycles. The van der Waals surface area contributed by atoms with Crippen molar-refractivity contribution in [3.63, 3.8) is 0 Å². The predicted molar refractivity (Wildman–Crippen MR) is 88.2 cm³/mol. The minimum Gasteiger partial charge on any atom is -0.317 e. The fourth-order valence-electron chi connectivity index (χ4n) is 2.82. The van der Waals surface area contributed by atoms with Crippen LogP contribution in [-0.2, 0) is 6.54 Å². The summed E-state index contributed by atoms with van der Waals surface area (Å²) in [6.45, 7) is 3.43. The molecule has 0 spiro atoms. The van der Waals surface area contributed by atoms with Crippen molar-refractivity contribution in [3.8, 4) is 5.69 Å². The largest absolute Gasteiger partial charge is 0.317 e. The molecule has 2 heterocycles. The maximum absolute atomic E-state index is 4.08. The molecule has 2 aromatic rings. The molecule has 21 heavy (non-hydrogen) atoms. The highest BCUT2D eigenvalue weighted by Gasteiger charge is 2.17. The molecule has 0 aliphatic carbocycles. The van der Waals surface area contributed by atoms with E-state index in [1.807, 2.05) is 17.1 Å². The fourth-order valence-corrected chi connectivity index (χ4v) is 2.82. The lowest BCUT2D eigenvalue weighted by Gasteiger charge is -2.31. The summed E-state index contributed by atoms with van der Waals surface area (Å²) in [6, 6.07) is 9.48. The third-order valence-corrected chi connectivity index (χ3v) is 4.14. The van der Waals surface area contributed by atoms with Crippen LogP contribution in [-0.4, -0.2) is 40.6 Å². The zero-order chi connectivity index (χ0) is 13.8. The van der Waals surface area contributed by atoms with Crippen LogP contribution in [0.2, 0.25) is 0 Å². The lowest BCUT2D eigenvalue weighted by molar-refractivity contribution is 0.194. The van der Waals surface area contributed by atoms with E-state index in [4.69, 9.17) is 0 Å². The number of benzene rings is 1. The van der Waals surface area contributed by atoms with Gasteiger partial charge in [-0.15, -0.1) is 12.4 Å². The van der Waals surface area contributed by atoms with E-state index in [9.17, 15) is 0 Å². The van der Waals surface area contributed by atoms with Crippen molar-refractivity contribution in [2.75, 3.05) is 20.1 Å². The second-order valence-electron chi connectivity index (χ2n) is 5.48. The number of rotatable bonds is 4. The quantitative estimate of drug-likeness (QED) is 0.942. The first-order chi connectivity index (χ1) is 9.85. The number of nitrogens with one attached hydrogen (secondary N) is 1. The van der Waals surface area contributed by atoms with Crippen LogP contribution in [0.3, 0.4) is 0 Å². The molecule has 5 heteroatoms. The van der Waals surface area contributed by atoms with Crippen LogP contribution in [0.25, 0.3) is 5.69 Å². The van der Waals surface area contributed by atoms with E-state index in [0.717, 1.165) is 6.54 Å². The summed E-state index contributed by atoms with van der Waals surface area (Å²) < 4.78 is 2.03. The van der Waals surface area contributed by atoms with Gasteiger partial charge in [-0.1, -0.05) is 12.1 Å². The molecule has 1 fully saturated rings.